The van der Waals surface area contributed by atoms with Crippen molar-refractivity contribution in [3.8, 4) is 0 Å². The average Bonchev–Trinajstić information content (AvgIpc) is 2.49. The van der Waals surface area contributed by atoms with E-state index < -0.39 is 10.0 Å². The molecular formula is C16H20N2O2S. The molecule has 5 heteroatoms. The van der Waals surface area contributed by atoms with Crippen molar-refractivity contribution in [2.75, 3.05) is 13.6 Å². The zero-order valence-electron chi connectivity index (χ0n) is 12.0. The topological polar surface area (TPSA) is 58.2 Å². The van der Waals surface area contributed by atoms with Crippen molar-refractivity contribution in [3.63, 3.8) is 0 Å². The van der Waals surface area contributed by atoms with Crippen LogP contribution in [0.1, 0.15) is 11.1 Å². The lowest BCUT2D eigenvalue weighted by Gasteiger charge is -2.08. The Morgan fingerprint density at radius 2 is 1.57 bits per heavy atom. The van der Waals surface area contributed by atoms with E-state index in [2.05, 4.69) is 10.0 Å². The smallest absolute Gasteiger partial charge is 0.240 e. The molecule has 2 N–H and O–H groups in total. The fraction of sp³-hybridized carbons (Fsp3) is 0.250. The third-order valence-corrected chi connectivity index (χ3v) is 4.64. The first-order valence-corrected chi connectivity index (χ1v) is 8.37. The van der Waals surface area contributed by atoms with Crippen LogP contribution >= 0.6 is 0 Å². The van der Waals surface area contributed by atoms with Crippen LogP contribution in [0.25, 0.3) is 0 Å². The normalized spacial score (nSPS) is 11.5. The van der Waals surface area contributed by atoms with Gasteiger partial charge in [0.1, 0.15) is 0 Å². The van der Waals surface area contributed by atoms with E-state index in [1.807, 2.05) is 49.5 Å². The van der Waals surface area contributed by atoms with Crippen molar-refractivity contribution in [1.29, 1.82) is 0 Å². The molecule has 0 radical (unpaired) electrons. The first kappa shape index (κ1) is 15.7. The molecule has 21 heavy (non-hydrogen) atoms. The molecule has 0 aliphatic rings. The van der Waals surface area contributed by atoms with Crippen molar-refractivity contribution >= 4 is 10.0 Å². The van der Waals surface area contributed by atoms with E-state index >= 15 is 0 Å². The van der Waals surface area contributed by atoms with Crippen LogP contribution in [0.2, 0.25) is 0 Å². The van der Waals surface area contributed by atoms with Crippen LogP contribution in [0.4, 0.5) is 0 Å². The second-order valence-corrected chi connectivity index (χ2v) is 6.57. The molecule has 0 amide bonds. The first-order valence-electron chi connectivity index (χ1n) is 6.89. The second kappa shape index (κ2) is 7.36. The number of nitrogens with one attached hydrogen (secondary N) is 2. The number of benzene rings is 2. The molecule has 0 unspecified atom stereocenters. The summed E-state index contributed by atoms with van der Waals surface area (Å²) in [6.45, 7) is 1.12. The van der Waals surface area contributed by atoms with E-state index in [9.17, 15) is 8.42 Å². The Bertz CT molecular complexity index is 652. The summed E-state index contributed by atoms with van der Waals surface area (Å²) >= 11 is 0. The maximum atomic E-state index is 12.2. The number of hydrogen-bond donors (Lipinski definition) is 2. The highest BCUT2D eigenvalue weighted by Gasteiger charge is 2.12. The average molecular weight is 304 g/mol. The standard InChI is InChI=1S/C16H20N2O2S/c1-17-13-15-7-9-16(10-8-15)21(19,20)18-12-11-14-5-3-2-4-6-14/h2-10,17-18H,11-13H2,1H3. The molecule has 0 heterocycles. The Hall–Kier alpha value is -1.69. The highest BCUT2D eigenvalue weighted by Crippen LogP contribution is 2.10. The Labute approximate surface area is 126 Å². The van der Waals surface area contributed by atoms with Gasteiger partial charge in [0, 0.05) is 13.1 Å². The monoisotopic (exact) mass is 304 g/mol. The molecule has 0 spiro atoms. The molecule has 0 fully saturated rings. The van der Waals surface area contributed by atoms with Crippen LogP contribution in [0, 0.1) is 0 Å². The van der Waals surface area contributed by atoms with E-state index in [0.717, 1.165) is 17.7 Å². The second-order valence-electron chi connectivity index (χ2n) is 4.81. The van der Waals surface area contributed by atoms with Gasteiger partial charge in [-0.3, -0.25) is 0 Å². The third kappa shape index (κ3) is 4.67. The number of hydrogen-bond acceptors (Lipinski definition) is 3. The van der Waals surface area contributed by atoms with E-state index in [1.165, 1.54) is 0 Å². The van der Waals surface area contributed by atoms with Gasteiger partial charge < -0.3 is 5.32 Å². The van der Waals surface area contributed by atoms with Crippen LogP contribution < -0.4 is 10.0 Å². The predicted octanol–water partition coefficient (Wildman–Crippen LogP) is 1.93. The highest BCUT2D eigenvalue weighted by atomic mass is 32.2. The van der Waals surface area contributed by atoms with Crippen molar-refractivity contribution in [2.24, 2.45) is 0 Å². The lowest BCUT2D eigenvalue weighted by atomic mass is 10.2. The minimum absolute atomic E-state index is 0.301. The van der Waals surface area contributed by atoms with E-state index in [-0.39, 0.29) is 0 Å². The zero-order valence-corrected chi connectivity index (χ0v) is 12.9. The van der Waals surface area contributed by atoms with Crippen molar-refractivity contribution in [1.82, 2.24) is 10.0 Å². The summed E-state index contributed by atoms with van der Waals surface area (Å²) in [4.78, 5) is 0.301. The summed E-state index contributed by atoms with van der Waals surface area (Å²) in [6.07, 6.45) is 0.678. The summed E-state index contributed by atoms with van der Waals surface area (Å²) in [6, 6.07) is 16.7. The van der Waals surface area contributed by atoms with Gasteiger partial charge in [-0.15, -0.1) is 0 Å². The highest BCUT2D eigenvalue weighted by molar-refractivity contribution is 7.89. The van der Waals surface area contributed by atoms with Crippen LogP contribution in [0.5, 0.6) is 0 Å². The molecule has 0 saturated carbocycles. The number of sulfonamides is 1. The van der Waals surface area contributed by atoms with Gasteiger partial charge in [0.15, 0.2) is 0 Å². The molecule has 2 aromatic carbocycles. The summed E-state index contributed by atoms with van der Waals surface area (Å²) in [5.41, 5.74) is 2.17. The van der Waals surface area contributed by atoms with Crippen LogP contribution in [-0.2, 0) is 23.0 Å². The molecule has 4 nitrogen and oxygen atoms in total. The summed E-state index contributed by atoms with van der Waals surface area (Å²) in [5.74, 6) is 0. The van der Waals surface area contributed by atoms with Gasteiger partial charge >= 0.3 is 0 Å². The van der Waals surface area contributed by atoms with Gasteiger partial charge in [-0.2, -0.15) is 0 Å². The summed E-state index contributed by atoms with van der Waals surface area (Å²) in [5, 5.41) is 3.03. The van der Waals surface area contributed by atoms with Gasteiger partial charge in [0.05, 0.1) is 4.90 Å². The Balaban J connectivity index is 1.95. The SMILES string of the molecule is CNCc1ccc(S(=O)(=O)NCCc2ccccc2)cc1. The third-order valence-electron chi connectivity index (χ3n) is 3.16. The fourth-order valence-corrected chi connectivity index (χ4v) is 3.08. The first-order chi connectivity index (χ1) is 10.1. The van der Waals surface area contributed by atoms with Crippen LogP contribution in [0.15, 0.2) is 59.5 Å². The minimum Gasteiger partial charge on any atom is -0.316 e. The number of rotatable bonds is 7. The molecule has 0 aliphatic heterocycles. The summed E-state index contributed by atoms with van der Waals surface area (Å²) in [7, 11) is -1.58. The molecule has 0 aliphatic carbocycles. The van der Waals surface area contributed by atoms with Crippen LogP contribution in [-0.4, -0.2) is 22.0 Å². The molecule has 0 bridgehead atoms. The fourth-order valence-electron chi connectivity index (χ4n) is 2.05. The molecule has 112 valence electrons. The zero-order chi connectivity index (χ0) is 15.1. The molecular weight excluding hydrogens is 284 g/mol. The van der Waals surface area contributed by atoms with Crippen LogP contribution in [0.3, 0.4) is 0 Å². The largest absolute Gasteiger partial charge is 0.316 e. The van der Waals surface area contributed by atoms with E-state index in [1.54, 1.807) is 12.1 Å². The Morgan fingerprint density at radius 1 is 0.905 bits per heavy atom. The molecule has 2 aromatic rings. The molecule has 0 saturated heterocycles. The molecule has 2 rings (SSSR count). The van der Waals surface area contributed by atoms with Gasteiger partial charge in [-0.1, -0.05) is 42.5 Å². The lowest BCUT2D eigenvalue weighted by molar-refractivity contribution is 0.581. The maximum Gasteiger partial charge on any atom is 0.240 e. The van der Waals surface area contributed by atoms with Gasteiger partial charge in [0.25, 0.3) is 0 Å². The van der Waals surface area contributed by atoms with Crippen molar-refractivity contribution in [2.45, 2.75) is 17.9 Å². The van der Waals surface area contributed by atoms with Gasteiger partial charge in [-0.05, 0) is 36.7 Å². The lowest BCUT2D eigenvalue weighted by Crippen LogP contribution is -2.26. The molecule has 0 atom stereocenters. The minimum atomic E-state index is -3.43. The van der Waals surface area contributed by atoms with Crippen molar-refractivity contribution in [3.05, 3.63) is 65.7 Å². The predicted molar refractivity (Wildman–Crippen MR) is 84.5 cm³/mol. The summed E-state index contributed by atoms with van der Waals surface area (Å²) < 4.78 is 27.0. The van der Waals surface area contributed by atoms with Crippen molar-refractivity contribution < 1.29 is 8.42 Å². The molecule has 0 aromatic heterocycles. The quantitative estimate of drug-likeness (QED) is 0.822. The Morgan fingerprint density at radius 3 is 2.19 bits per heavy atom. The maximum absolute atomic E-state index is 12.2. The van der Waals surface area contributed by atoms with Gasteiger partial charge in [0.2, 0.25) is 10.0 Å². The van der Waals surface area contributed by atoms with Gasteiger partial charge in [-0.25, -0.2) is 13.1 Å². The van der Waals surface area contributed by atoms with E-state index in [4.69, 9.17) is 0 Å². The van der Waals surface area contributed by atoms with E-state index in [0.29, 0.717) is 17.9 Å². The Kier molecular flexibility index (Phi) is 5.50.